The Morgan fingerprint density at radius 2 is 1.93 bits per heavy atom. The molecule has 2 heterocycles. The van der Waals surface area contributed by atoms with Crippen molar-refractivity contribution in [2.24, 2.45) is 0 Å². The number of alkyl halides is 3. The number of aromatic nitrogens is 2. The number of pyridine rings is 2. The van der Waals surface area contributed by atoms with E-state index in [2.05, 4.69) is 15.3 Å². The summed E-state index contributed by atoms with van der Waals surface area (Å²) in [5.74, 6) is -1.05. The molecule has 4 N–H and O–H groups in total. The van der Waals surface area contributed by atoms with Gasteiger partial charge in [-0.1, -0.05) is 6.07 Å². The van der Waals surface area contributed by atoms with Gasteiger partial charge in [0.15, 0.2) is 0 Å². The van der Waals surface area contributed by atoms with Crippen molar-refractivity contribution >= 4 is 16.6 Å². The Hall–Kier alpha value is -2.98. The van der Waals surface area contributed by atoms with Crippen molar-refractivity contribution in [3.8, 4) is 0 Å². The SMILES string of the molecule is O=c1ccc2c(NC(c3ccnc(F)c3)C(O)(CO)C(F)(F)F)cccc2[nH]1. The first-order valence-electron chi connectivity index (χ1n) is 8.06. The van der Waals surface area contributed by atoms with E-state index in [4.69, 9.17) is 0 Å². The minimum absolute atomic E-state index is 0.132. The summed E-state index contributed by atoms with van der Waals surface area (Å²) in [6.45, 7) is -1.67. The first-order chi connectivity index (χ1) is 13.2. The highest BCUT2D eigenvalue weighted by atomic mass is 19.4. The molecule has 0 fully saturated rings. The average Bonchev–Trinajstić information content (AvgIpc) is 2.64. The van der Waals surface area contributed by atoms with Crippen molar-refractivity contribution in [1.29, 1.82) is 0 Å². The van der Waals surface area contributed by atoms with Gasteiger partial charge in [-0.2, -0.15) is 17.6 Å². The maximum absolute atomic E-state index is 13.6. The Morgan fingerprint density at radius 3 is 2.57 bits per heavy atom. The van der Waals surface area contributed by atoms with E-state index in [-0.39, 0.29) is 11.3 Å². The van der Waals surface area contributed by atoms with Gasteiger partial charge in [0.2, 0.25) is 17.1 Å². The van der Waals surface area contributed by atoms with Crippen LogP contribution < -0.4 is 10.9 Å². The molecular weight excluding hydrogens is 382 g/mol. The predicted molar refractivity (Wildman–Crippen MR) is 93.2 cm³/mol. The minimum atomic E-state index is -5.24. The number of halogens is 4. The number of H-pyrrole nitrogens is 1. The van der Waals surface area contributed by atoms with E-state index in [1.165, 1.54) is 24.3 Å². The number of hydrogen-bond acceptors (Lipinski definition) is 5. The van der Waals surface area contributed by atoms with Crippen molar-refractivity contribution in [1.82, 2.24) is 9.97 Å². The molecule has 0 aliphatic heterocycles. The molecule has 3 aromatic rings. The van der Waals surface area contributed by atoms with Crippen LogP contribution in [0.5, 0.6) is 0 Å². The fourth-order valence-corrected chi connectivity index (χ4v) is 2.89. The van der Waals surface area contributed by atoms with Crippen molar-refractivity contribution in [3.05, 3.63) is 70.5 Å². The van der Waals surface area contributed by atoms with Crippen LogP contribution in [0.3, 0.4) is 0 Å². The summed E-state index contributed by atoms with van der Waals surface area (Å²) in [6, 6.07) is 6.91. The van der Waals surface area contributed by atoms with Crippen molar-refractivity contribution in [2.75, 3.05) is 11.9 Å². The molecule has 0 radical (unpaired) electrons. The van der Waals surface area contributed by atoms with E-state index in [9.17, 15) is 32.6 Å². The molecule has 0 saturated heterocycles. The summed E-state index contributed by atoms with van der Waals surface area (Å²) in [5.41, 5.74) is -3.82. The van der Waals surface area contributed by atoms with E-state index in [1.807, 2.05) is 0 Å². The second kappa shape index (κ2) is 7.21. The summed E-state index contributed by atoms with van der Waals surface area (Å²) in [6.07, 6.45) is -4.29. The monoisotopic (exact) mass is 397 g/mol. The molecule has 10 heteroatoms. The highest BCUT2D eigenvalue weighted by molar-refractivity contribution is 5.91. The van der Waals surface area contributed by atoms with Crippen LogP contribution in [0.15, 0.2) is 53.5 Å². The van der Waals surface area contributed by atoms with E-state index in [0.717, 1.165) is 18.3 Å². The lowest BCUT2D eigenvalue weighted by Crippen LogP contribution is -2.55. The summed E-state index contributed by atoms with van der Waals surface area (Å²) in [5, 5.41) is 22.6. The lowest BCUT2D eigenvalue weighted by atomic mass is 9.88. The third kappa shape index (κ3) is 3.56. The quantitative estimate of drug-likeness (QED) is 0.392. The Bertz CT molecular complexity index is 1050. The molecule has 0 saturated carbocycles. The maximum atomic E-state index is 13.6. The van der Waals surface area contributed by atoms with Crippen LogP contribution >= 0.6 is 0 Å². The molecule has 0 amide bonds. The third-order valence-corrected chi connectivity index (χ3v) is 4.36. The number of aliphatic hydroxyl groups is 2. The van der Waals surface area contributed by atoms with E-state index >= 15 is 0 Å². The Morgan fingerprint density at radius 1 is 1.18 bits per heavy atom. The first kappa shape index (κ1) is 19.8. The molecule has 28 heavy (non-hydrogen) atoms. The summed E-state index contributed by atoms with van der Waals surface area (Å²) in [7, 11) is 0. The van der Waals surface area contributed by atoms with Crippen LogP contribution in [0.4, 0.5) is 23.2 Å². The number of benzene rings is 1. The number of fused-ring (bicyclic) bond motifs is 1. The van der Waals surface area contributed by atoms with E-state index in [1.54, 1.807) is 6.07 Å². The zero-order valence-corrected chi connectivity index (χ0v) is 14.2. The highest BCUT2D eigenvalue weighted by Gasteiger charge is 2.59. The Kier molecular flexibility index (Phi) is 5.09. The molecule has 3 rings (SSSR count). The zero-order valence-electron chi connectivity index (χ0n) is 14.2. The van der Waals surface area contributed by atoms with Gasteiger partial charge in [0.1, 0.15) is 0 Å². The summed E-state index contributed by atoms with van der Waals surface area (Å²) in [4.78, 5) is 17.3. The van der Waals surface area contributed by atoms with Crippen LogP contribution in [-0.2, 0) is 0 Å². The second-order valence-electron chi connectivity index (χ2n) is 6.16. The van der Waals surface area contributed by atoms with Gasteiger partial charge in [0.25, 0.3) is 0 Å². The van der Waals surface area contributed by atoms with Gasteiger partial charge in [-0.15, -0.1) is 0 Å². The van der Waals surface area contributed by atoms with Crippen molar-refractivity contribution < 1.29 is 27.8 Å². The van der Waals surface area contributed by atoms with Crippen LogP contribution in [-0.4, -0.2) is 38.6 Å². The first-order valence-corrected chi connectivity index (χ1v) is 8.06. The lowest BCUT2D eigenvalue weighted by molar-refractivity contribution is -0.277. The highest BCUT2D eigenvalue weighted by Crippen LogP contribution is 2.42. The normalized spacial score (nSPS) is 15.2. The van der Waals surface area contributed by atoms with Gasteiger partial charge >= 0.3 is 6.18 Å². The number of nitrogens with zero attached hydrogens (tertiary/aromatic N) is 1. The Labute approximate surface area is 155 Å². The van der Waals surface area contributed by atoms with Crippen LogP contribution in [0.25, 0.3) is 10.9 Å². The number of nitrogens with one attached hydrogen (secondary N) is 2. The van der Waals surface area contributed by atoms with Crippen molar-refractivity contribution in [2.45, 2.75) is 17.8 Å². The second-order valence-corrected chi connectivity index (χ2v) is 6.16. The zero-order chi connectivity index (χ0) is 20.5. The van der Waals surface area contributed by atoms with Gasteiger partial charge in [-0.05, 0) is 35.9 Å². The van der Waals surface area contributed by atoms with Crippen molar-refractivity contribution in [3.63, 3.8) is 0 Å². The molecule has 0 bridgehead atoms. The molecule has 6 nitrogen and oxygen atoms in total. The molecule has 0 spiro atoms. The minimum Gasteiger partial charge on any atom is -0.393 e. The Balaban J connectivity index is 2.17. The molecule has 2 unspecified atom stereocenters. The van der Waals surface area contributed by atoms with Crippen LogP contribution in [0.1, 0.15) is 11.6 Å². The fourth-order valence-electron chi connectivity index (χ4n) is 2.89. The van der Waals surface area contributed by atoms with Gasteiger partial charge in [-0.25, -0.2) is 4.98 Å². The number of aliphatic hydroxyl groups excluding tert-OH is 1. The largest absolute Gasteiger partial charge is 0.421 e. The van der Waals surface area contributed by atoms with Gasteiger partial charge in [0, 0.05) is 23.3 Å². The molecule has 2 aromatic heterocycles. The molecule has 2 atom stereocenters. The molecule has 148 valence electrons. The van der Waals surface area contributed by atoms with E-state index in [0.29, 0.717) is 10.9 Å². The third-order valence-electron chi connectivity index (χ3n) is 4.36. The number of rotatable bonds is 5. The van der Waals surface area contributed by atoms with Crippen LogP contribution in [0, 0.1) is 5.95 Å². The summed E-state index contributed by atoms with van der Waals surface area (Å²) < 4.78 is 54.4. The van der Waals surface area contributed by atoms with Gasteiger partial charge in [-0.3, -0.25) is 4.79 Å². The number of hydrogen-bond donors (Lipinski definition) is 4. The van der Waals surface area contributed by atoms with Crippen LogP contribution in [0.2, 0.25) is 0 Å². The van der Waals surface area contributed by atoms with Gasteiger partial charge in [0.05, 0.1) is 18.2 Å². The fraction of sp³-hybridized carbons (Fsp3) is 0.222. The smallest absolute Gasteiger partial charge is 0.393 e. The molecule has 0 aliphatic rings. The number of aromatic amines is 1. The van der Waals surface area contributed by atoms with Gasteiger partial charge < -0.3 is 20.5 Å². The number of anilines is 1. The average molecular weight is 397 g/mol. The molecule has 1 aromatic carbocycles. The lowest BCUT2D eigenvalue weighted by Gasteiger charge is -2.37. The molecular formula is C18H15F4N3O3. The van der Waals surface area contributed by atoms with E-state index < -0.39 is 35.9 Å². The standard InChI is InChI=1S/C18H15F4N3O3/c19-14-8-10(6-7-23-14)16(17(28,9-26)18(20,21)22)25-13-3-1-2-12-11(13)4-5-15(27)24-12/h1-8,16,25-26,28H,9H2,(H,24,27). The predicted octanol–water partition coefficient (Wildman–Crippen LogP) is 2.50. The molecule has 0 aliphatic carbocycles. The maximum Gasteiger partial charge on any atom is 0.421 e. The summed E-state index contributed by atoms with van der Waals surface area (Å²) >= 11 is 0. The topological polar surface area (TPSA) is 98.2 Å².